The van der Waals surface area contributed by atoms with Crippen LogP contribution in [0, 0.1) is 0 Å². The number of nitrogens with two attached hydrogens (primary N) is 1. The lowest BCUT2D eigenvalue weighted by Gasteiger charge is -2.17. The van der Waals surface area contributed by atoms with Crippen molar-refractivity contribution in [3.05, 3.63) is 18.3 Å². The van der Waals surface area contributed by atoms with Crippen LogP contribution in [0.25, 0.3) is 0 Å². The smallest absolute Gasteiger partial charge is 0.128 e. The van der Waals surface area contributed by atoms with Gasteiger partial charge in [-0.3, -0.25) is 0 Å². The maximum Gasteiger partial charge on any atom is 0.128 e. The first kappa shape index (κ1) is 9.90. The van der Waals surface area contributed by atoms with Gasteiger partial charge in [-0.2, -0.15) is 0 Å². The summed E-state index contributed by atoms with van der Waals surface area (Å²) < 4.78 is 0. The SMILES string of the molecule is Nc1ccc(N2CC[C@@H](NC3CC3)C2)nc1. The Morgan fingerprint density at radius 2 is 2.12 bits per heavy atom. The van der Waals surface area contributed by atoms with Crippen molar-refractivity contribution < 1.29 is 0 Å². The van der Waals surface area contributed by atoms with Gasteiger partial charge in [0.25, 0.3) is 0 Å². The fourth-order valence-electron chi connectivity index (χ4n) is 2.27. The van der Waals surface area contributed by atoms with E-state index in [2.05, 4.69) is 15.2 Å². The number of rotatable bonds is 3. The minimum absolute atomic E-state index is 0.645. The van der Waals surface area contributed by atoms with Crippen molar-refractivity contribution in [1.29, 1.82) is 0 Å². The van der Waals surface area contributed by atoms with Gasteiger partial charge in [0, 0.05) is 25.2 Å². The monoisotopic (exact) mass is 218 g/mol. The number of hydrogen-bond acceptors (Lipinski definition) is 4. The van der Waals surface area contributed by atoms with Crippen LogP contribution in [0.1, 0.15) is 19.3 Å². The molecule has 0 aromatic carbocycles. The molecule has 0 unspecified atom stereocenters. The van der Waals surface area contributed by atoms with E-state index in [9.17, 15) is 0 Å². The second-order valence-corrected chi connectivity index (χ2v) is 4.82. The van der Waals surface area contributed by atoms with Crippen molar-refractivity contribution in [2.45, 2.75) is 31.3 Å². The maximum absolute atomic E-state index is 5.63. The minimum atomic E-state index is 0.645. The average molecular weight is 218 g/mol. The van der Waals surface area contributed by atoms with E-state index in [1.165, 1.54) is 19.3 Å². The quantitative estimate of drug-likeness (QED) is 0.794. The van der Waals surface area contributed by atoms with Crippen LogP contribution in [0.5, 0.6) is 0 Å². The first-order valence-electron chi connectivity index (χ1n) is 6.04. The zero-order valence-electron chi connectivity index (χ0n) is 9.39. The minimum Gasteiger partial charge on any atom is -0.397 e. The molecule has 1 aromatic heterocycles. The highest BCUT2D eigenvalue weighted by molar-refractivity contribution is 5.46. The molecule has 0 radical (unpaired) electrons. The summed E-state index contributed by atoms with van der Waals surface area (Å²) in [6, 6.07) is 5.37. The summed E-state index contributed by atoms with van der Waals surface area (Å²) in [6.45, 7) is 2.18. The lowest BCUT2D eigenvalue weighted by atomic mass is 10.2. The molecule has 0 spiro atoms. The molecule has 1 aliphatic heterocycles. The van der Waals surface area contributed by atoms with Gasteiger partial charge < -0.3 is 16.0 Å². The van der Waals surface area contributed by atoms with E-state index in [4.69, 9.17) is 5.73 Å². The standard InChI is InChI=1S/C12H18N4/c13-9-1-4-12(14-7-9)16-6-5-11(8-16)15-10-2-3-10/h1,4,7,10-11,15H,2-3,5-6,8,13H2/t11-/m1/s1. The Labute approximate surface area is 95.8 Å². The molecule has 3 N–H and O–H groups in total. The fourth-order valence-corrected chi connectivity index (χ4v) is 2.27. The Morgan fingerprint density at radius 1 is 1.25 bits per heavy atom. The zero-order chi connectivity index (χ0) is 11.0. The second-order valence-electron chi connectivity index (χ2n) is 4.82. The van der Waals surface area contributed by atoms with E-state index in [1.807, 2.05) is 12.1 Å². The van der Waals surface area contributed by atoms with E-state index < -0.39 is 0 Å². The van der Waals surface area contributed by atoms with E-state index in [1.54, 1.807) is 6.20 Å². The Bertz CT molecular complexity index is 358. The molecule has 86 valence electrons. The first-order chi connectivity index (χ1) is 7.81. The van der Waals surface area contributed by atoms with Crippen LogP contribution in [-0.2, 0) is 0 Å². The molecule has 3 rings (SSSR count). The van der Waals surface area contributed by atoms with Gasteiger partial charge in [-0.25, -0.2) is 4.98 Å². The van der Waals surface area contributed by atoms with Gasteiger partial charge in [-0.05, 0) is 31.4 Å². The number of pyridine rings is 1. The van der Waals surface area contributed by atoms with Crippen molar-refractivity contribution in [2.24, 2.45) is 0 Å². The Morgan fingerprint density at radius 3 is 2.81 bits per heavy atom. The molecule has 1 saturated carbocycles. The highest BCUT2D eigenvalue weighted by Gasteiger charge is 2.29. The van der Waals surface area contributed by atoms with Crippen LogP contribution in [0.3, 0.4) is 0 Å². The van der Waals surface area contributed by atoms with E-state index in [-0.39, 0.29) is 0 Å². The molecule has 1 atom stereocenters. The van der Waals surface area contributed by atoms with E-state index in [0.717, 1.165) is 30.6 Å². The first-order valence-corrected chi connectivity index (χ1v) is 6.04. The van der Waals surface area contributed by atoms with Gasteiger partial charge in [-0.1, -0.05) is 0 Å². The van der Waals surface area contributed by atoms with Crippen molar-refractivity contribution >= 4 is 11.5 Å². The third-order valence-electron chi connectivity index (χ3n) is 3.33. The molecule has 16 heavy (non-hydrogen) atoms. The number of hydrogen-bond donors (Lipinski definition) is 2. The van der Waals surface area contributed by atoms with Gasteiger partial charge in [0.2, 0.25) is 0 Å². The van der Waals surface area contributed by atoms with Crippen molar-refractivity contribution in [1.82, 2.24) is 10.3 Å². The Balaban J connectivity index is 1.61. The summed E-state index contributed by atoms with van der Waals surface area (Å²) >= 11 is 0. The molecule has 2 heterocycles. The molecule has 1 saturated heterocycles. The third kappa shape index (κ3) is 2.11. The van der Waals surface area contributed by atoms with Crippen LogP contribution >= 0.6 is 0 Å². The maximum atomic E-state index is 5.63. The normalized spacial score (nSPS) is 25.0. The summed E-state index contributed by atoms with van der Waals surface area (Å²) in [5, 5.41) is 3.67. The van der Waals surface area contributed by atoms with Gasteiger partial charge in [0.15, 0.2) is 0 Å². The molecule has 0 bridgehead atoms. The van der Waals surface area contributed by atoms with Crippen LogP contribution < -0.4 is 16.0 Å². The topological polar surface area (TPSA) is 54.2 Å². The summed E-state index contributed by atoms with van der Waals surface area (Å²) in [5.74, 6) is 1.05. The average Bonchev–Trinajstić information content (AvgIpc) is 2.97. The third-order valence-corrected chi connectivity index (χ3v) is 3.33. The predicted octanol–water partition coefficient (Wildman–Crippen LogP) is 0.994. The van der Waals surface area contributed by atoms with Crippen LogP contribution in [0.15, 0.2) is 18.3 Å². The molecule has 0 amide bonds. The van der Waals surface area contributed by atoms with Gasteiger partial charge in [0.05, 0.1) is 11.9 Å². The molecule has 1 aromatic rings. The highest BCUT2D eigenvalue weighted by atomic mass is 15.2. The van der Waals surface area contributed by atoms with Crippen LogP contribution in [-0.4, -0.2) is 30.2 Å². The number of aromatic nitrogens is 1. The highest BCUT2D eigenvalue weighted by Crippen LogP contribution is 2.24. The Hall–Kier alpha value is -1.29. The molecule has 4 nitrogen and oxygen atoms in total. The summed E-state index contributed by atoms with van der Waals surface area (Å²) in [4.78, 5) is 6.70. The molecule has 1 aliphatic carbocycles. The van der Waals surface area contributed by atoms with E-state index in [0.29, 0.717) is 6.04 Å². The van der Waals surface area contributed by atoms with Crippen molar-refractivity contribution in [2.75, 3.05) is 23.7 Å². The molecular weight excluding hydrogens is 200 g/mol. The number of nitrogens with zero attached hydrogens (tertiary/aromatic N) is 2. The molecule has 2 aliphatic rings. The summed E-state index contributed by atoms with van der Waals surface area (Å²) in [6.07, 6.45) is 5.67. The fraction of sp³-hybridized carbons (Fsp3) is 0.583. The molecule has 4 heteroatoms. The zero-order valence-corrected chi connectivity index (χ0v) is 9.39. The van der Waals surface area contributed by atoms with E-state index >= 15 is 0 Å². The summed E-state index contributed by atoms with van der Waals surface area (Å²) in [7, 11) is 0. The van der Waals surface area contributed by atoms with Crippen molar-refractivity contribution in [3.8, 4) is 0 Å². The molecular formula is C12H18N4. The number of anilines is 2. The number of nitrogens with one attached hydrogen (secondary N) is 1. The predicted molar refractivity (Wildman–Crippen MR) is 65.4 cm³/mol. The Kier molecular flexibility index (Phi) is 2.44. The molecule has 2 fully saturated rings. The summed E-state index contributed by atoms with van der Waals surface area (Å²) in [5.41, 5.74) is 6.37. The van der Waals surface area contributed by atoms with Gasteiger partial charge in [-0.15, -0.1) is 0 Å². The second kappa shape index (κ2) is 3.94. The lowest BCUT2D eigenvalue weighted by molar-refractivity contribution is 0.548. The van der Waals surface area contributed by atoms with Gasteiger partial charge >= 0.3 is 0 Å². The van der Waals surface area contributed by atoms with Gasteiger partial charge in [0.1, 0.15) is 5.82 Å². The number of nitrogen functional groups attached to an aromatic ring is 1. The lowest BCUT2D eigenvalue weighted by Crippen LogP contribution is -2.34. The van der Waals surface area contributed by atoms with Crippen LogP contribution in [0.4, 0.5) is 11.5 Å². The van der Waals surface area contributed by atoms with Crippen molar-refractivity contribution in [3.63, 3.8) is 0 Å². The largest absolute Gasteiger partial charge is 0.397 e. The van der Waals surface area contributed by atoms with Crippen LogP contribution in [0.2, 0.25) is 0 Å².